The number of rotatable bonds is 5. The van der Waals surface area contributed by atoms with Crippen molar-refractivity contribution >= 4 is 0 Å². The van der Waals surface area contributed by atoms with Gasteiger partial charge in [-0.2, -0.15) is 5.10 Å². The summed E-state index contributed by atoms with van der Waals surface area (Å²) in [6.45, 7) is 4.66. The zero-order chi connectivity index (χ0) is 13.8. The average Bonchev–Trinajstić information content (AvgIpc) is 2.74. The van der Waals surface area contributed by atoms with Crippen molar-refractivity contribution in [2.75, 3.05) is 7.05 Å². The number of hydrogen-bond acceptors (Lipinski definition) is 3. The third-order valence-electron chi connectivity index (χ3n) is 3.30. The lowest BCUT2D eigenvalue weighted by Gasteiger charge is -2.11. The quantitative estimate of drug-likeness (QED) is 0.897. The van der Waals surface area contributed by atoms with Gasteiger partial charge in [0.05, 0.1) is 11.4 Å². The SMILES string of the molecule is CNC(C)c1ccc(OCc2cc(C)nn2C)cc1. The molecule has 0 spiro atoms. The lowest BCUT2D eigenvalue weighted by molar-refractivity contribution is 0.294. The second-order valence-corrected chi connectivity index (χ2v) is 4.77. The van der Waals surface area contributed by atoms with Gasteiger partial charge in [-0.15, -0.1) is 0 Å². The van der Waals surface area contributed by atoms with Crippen LogP contribution >= 0.6 is 0 Å². The zero-order valence-electron chi connectivity index (χ0n) is 12.0. The first-order chi connectivity index (χ1) is 9.10. The highest BCUT2D eigenvalue weighted by atomic mass is 16.5. The minimum Gasteiger partial charge on any atom is -0.487 e. The third-order valence-corrected chi connectivity index (χ3v) is 3.30. The summed E-state index contributed by atoms with van der Waals surface area (Å²) in [5.41, 5.74) is 3.34. The first kappa shape index (κ1) is 13.6. The van der Waals surface area contributed by atoms with E-state index < -0.39 is 0 Å². The highest BCUT2D eigenvalue weighted by molar-refractivity contribution is 5.29. The second-order valence-electron chi connectivity index (χ2n) is 4.77. The molecule has 0 fully saturated rings. The van der Waals surface area contributed by atoms with Crippen LogP contribution in [0, 0.1) is 6.92 Å². The van der Waals surface area contributed by atoms with Gasteiger partial charge in [-0.3, -0.25) is 4.68 Å². The van der Waals surface area contributed by atoms with Crippen molar-refractivity contribution in [3.63, 3.8) is 0 Å². The maximum absolute atomic E-state index is 5.77. The van der Waals surface area contributed by atoms with Crippen LogP contribution in [0.2, 0.25) is 0 Å². The van der Waals surface area contributed by atoms with Gasteiger partial charge in [0.2, 0.25) is 0 Å². The Kier molecular flexibility index (Phi) is 4.22. The third kappa shape index (κ3) is 3.35. The molecule has 1 aromatic heterocycles. The lowest BCUT2D eigenvalue weighted by atomic mass is 10.1. The first-order valence-corrected chi connectivity index (χ1v) is 6.49. The highest BCUT2D eigenvalue weighted by Crippen LogP contribution is 2.18. The molecule has 2 aromatic rings. The first-order valence-electron chi connectivity index (χ1n) is 6.49. The number of nitrogens with one attached hydrogen (secondary N) is 1. The highest BCUT2D eigenvalue weighted by Gasteiger charge is 2.04. The van der Waals surface area contributed by atoms with Gasteiger partial charge in [-0.1, -0.05) is 12.1 Å². The summed E-state index contributed by atoms with van der Waals surface area (Å²) in [4.78, 5) is 0. The Balaban J connectivity index is 1.98. The van der Waals surface area contributed by atoms with Gasteiger partial charge in [0.15, 0.2) is 0 Å². The van der Waals surface area contributed by atoms with Crippen LogP contribution in [0.4, 0.5) is 0 Å². The van der Waals surface area contributed by atoms with Gasteiger partial charge in [0.1, 0.15) is 12.4 Å². The van der Waals surface area contributed by atoms with Crippen LogP contribution in [0.3, 0.4) is 0 Å². The maximum Gasteiger partial charge on any atom is 0.130 e. The van der Waals surface area contributed by atoms with Crippen molar-refractivity contribution in [2.24, 2.45) is 7.05 Å². The van der Waals surface area contributed by atoms with Crippen molar-refractivity contribution in [3.8, 4) is 5.75 Å². The van der Waals surface area contributed by atoms with E-state index in [1.54, 1.807) is 0 Å². The van der Waals surface area contributed by atoms with E-state index in [0.717, 1.165) is 17.1 Å². The maximum atomic E-state index is 5.77. The van der Waals surface area contributed by atoms with E-state index in [-0.39, 0.29) is 0 Å². The summed E-state index contributed by atoms with van der Waals surface area (Å²) in [6.07, 6.45) is 0. The van der Waals surface area contributed by atoms with Crippen LogP contribution in [-0.4, -0.2) is 16.8 Å². The molecule has 2 rings (SSSR count). The molecule has 102 valence electrons. The predicted molar refractivity (Wildman–Crippen MR) is 76.2 cm³/mol. The average molecular weight is 259 g/mol. The minimum absolute atomic E-state index is 0.355. The topological polar surface area (TPSA) is 39.1 Å². The number of ether oxygens (including phenoxy) is 1. The number of nitrogens with zero attached hydrogens (tertiary/aromatic N) is 2. The molecule has 0 aliphatic carbocycles. The molecule has 4 heteroatoms. The van der Waals surface area contributed by atoms with E-state index in [0.29, 0.717) is 12.6 Å². The van der Waals surface area contributed by atoms with E-state index in [1.165, 1.54) is 5.56 Å². The molecule has 1 unspecified atom stereocenters. The molecule has 0 saturated carbocycles. The van der Waals surface area contributed by atoms with Crippen molar-refractivity contribution in [1.82, 2.24) is 15.1 Å². The van der Waals surface area contributed by atoms with Crippen LogP contribution in [0.5, 0.6) is 5.75 Å². The number of aromatic nitrogens is 2. The van der Waals surface area contributed by atoms with E-state index in [4.69, 9.17) is 4.74 Å². The summed E-state index contributed by atoms with van der Waals surface area (Å²) >= 11 is 0. The molecule has 1 atom stereocenters. The van der Waals surface area contributed by atoms with Gasteiger partial charge in [-0.05, 0) is 44.7 Å². The fourth-order valence-corrected chi connectivity index (χ4v) is 1.98. The molecule has 1 N–H and O–H groups in total. The van der Waals surface area contributed by atoms with E-state index >= 15 is 0 Å². The molecule has 0 bridgehead atoms. The fourth-order valence-electron chi connectivity index (χ4n) is 1.98. The smallest absolute Gasteiger partial charge is 0.130 e. The largest absolute Gasteiger partial charge is 0.487 e. The van der Waals surface area contributed by atoms with Crippen molar-refractivity contribution in [1.29, 1.82) is 0 Å². The summed E-state index contributed by atoms with van der Waals surface area (Å²) in [6, 6.07) is 10.6. The lowest BCUT2D eigenvalue weighted by Crippen LogP contribution is -2.12. The predicted octanol–water partition coefficient (Wildman–Crippen LogP) is 2.59. The summed E-state index contributed by atoms with van der Waals surface area (Å²) in [5, 5.41) is 7.52. The Morgan fingerprint density at radius 3 is 2.53 bits per heavy atom. The van der Waals surface area contributed by atoms with E-state index in [2.05, 4.69) is 29.5 Å². The Morgan fingerprint density at radius 2 is 2.00 bits per heavy atom. The van der Waals surface area contributed by atoms with Gasteiger partial charge in [0, 0.05) is 13.1 Å². The van der Waals surface area contributed by atoms with Gasteiger partial charge in [0.25, 0.3) is 0 Å². The molecule has 4 nitrogen and oxygen atoms in total. The normalized spacial score (nSPS) is 12.4. The molecule has 0 radical (unpaired) electrons. The minimum atomic E-state index is 0.355. The number of hydrogen-bond donors (Lipinski definition) is 1. The molecular weight excluding hydrogens is 238 g/mol. The standard InChI is InChI=1S/C15H21N3O/c1-11-9-14(18(4)17-11)10-19-15-7-5-13(6-8-15)12(2)16-3/h5-9,12,16H,10H2,1-4H3. The Bertz CT molecular complexity index is 531. The Hall–Kier alpha value is -1.81. The van der Waals surface area contributed by atoms with Crippen molar-refractivity contribution < 1.29 is 4.74 Å². The second kappa shape index (κ2) is 5.89. The summed E-state index contributed by atoms with van der Waals surface area (Å²) in [7, 11) is 3.89. The van der Waals surface area contributed by atoms with Gasteiger partial charge >= 0.3 is 0 Å². The molecule has 1 heterocycles. The fraction of sp³-hybridized carbons (Fsp3) is 0.400. The Labute approximate surface area is 114 Å². The van der Waals surface area contributed by atoms with Crippen LogP contribution < -0.4 is 10.1 Å². The molecule has 19 heavy (non-hydrogen) atoms. The van der Waals surface area contributed by atoms with Crippen LogP contribution in [0.25, 0.3) is 0 Å². The van der Waals surface area contributed by atoms with E-state index in [9.17, 15) is 0 Å². The van der Waals surface area contributed by atoms with Crippen LogP contribution in [0.1, 0.15) is 29.9 Å². The zero-order valence-corrected chi connectivity index (χ0v) is 12.0. The molecule has 0 aliphatic heterocycles. The van der Waals surface area contributed by atoms with Crippen molar-refractivity contribution in [2.45, 2.75) is 26.5 Å². The molecule has 0 saturated heterocycles. The van der Waals surface area contributed by atoms with Gasteiger partial charge in [-0.25, -0.2) is 0 Å². The molecule has 0 aliphatic rings. The van der Waals surface area contributed by atoms with Crippen LogP contribution in [0.15, 0.2) is 30.3 Å². The monoisotopic (exact) mass is 259 g/mol. The summed E-state index contributed by atoms with van der Waals surface area (Å²) in [5.74, 6) is 0.880. The number of aryl methyl sites for hydroxylation is 2. The van der Waals surface area contributed by atoms with Gasteiger partial charge < -0.3 is 10.1 Å². The van der Waals surface area contributed by atoms with Crippen LogP contribution in [-0.2, 0) is 13.7 Å². The summed E-state index contributed by atoms with van der Waals surface area (Å²) < 4.78 is 7.63. The number of benzene rings is 1. The van der Waals surface area contributed by atoms with E-state index in [1.807, 2.05) is 43.9 Å². The Morgan fingerprint density at radius 1 is 1.32 bits per heavy atom. The molecule has 0 amide bonds. The van der Waals surface area contributed by atoms with Crippen molar-refractivity contribution in [3.05, 3.63) is 47.3 Å². The molecular formula is C15H21N3O. The molecule has 1 aromatic carbocycles.